The molecule has 122 valence electrons. The molecule has 1 saturated carbocycles. The molecule has 1 aliphatic heterocycles. The number of nitrogens with zero attached hydrogens (tertiary/aromatic N) is 1. The van der Waals surface area contributed by atoms with Crippen LogP contribution < -0.4 is 5.48 Å². The summed E-state index contributed by atoms with van der Waals surface area (Å²) >= 11 is 0. The molecule has 2 fully saturated rings. The molecule has 5 heteroatoms. The van der Waals surface area contributed by atoms with Crippen LogP contribution in [0.25, 0.3) is 0 Å². The van der Waals surface area contributed by atoms with Crippen molar-refractivity contribution >= 4 is 11.8 Å². The number of rotatable bonds is 2. The molecule has 23 heavy (non-hydrogen) atoms. The van der Waals surface area contributed by atoms with Gasteiger partial charge < -0.3 is 4.90 Å². The minimum absolute atomic E-state index is 0.0357. The maximum atomic E-state index is 12.4. The fourth-order valence-corrected chi connectivity index (χ4v) is 4.38. The van der Waals surface area contributed by atoms with E-state index in [1.54, 1.807) is 11.5 Å². The van der Waals surface area contributed by atoms with Gasteiger partial charge >= 0.3 is 0 Å². The van der Waals surface area contributed by atoms with Crippen LogP contribution in [-0.2, 0) is 17.6 Å². The largest absolute Gasteiger partial charge is 0.339 e. The van der Waals surface area contributed by atoms with Crippen molar-refractivity contribution < 1.29 is 14.8 Å². The van der Waals surface area contributed by atoms with Crippen molar-refractivity contribution in [1.82, 2.24) is 10.4 Å². The van der Waals surface area contributed by atoms with Gasteiger partial charge in [-0.1, -0.05) is 6.07 Å². The maximum absolute atomic E-state index is 12.4. The highest BCUT2D eigenvalue weighted by molar-refractivity contribution is 5.93. The summed E-state index contributed by atoms with van der Waals surface area (Å²) in [6.45, 7) is 0.867. The molecule has 3 aliphatic rings. The molecular formula is C18H22N2O3. The Hall–Kier alpha value is -1.88. The third-order valence-electron chi connectivity index (χ3n) is 5.93. The lowest BCUT2D eigenvalue weighted by Crippen LogP contribution is -2.42. The Labute approximate surface area is 135 Å². The molecule has 2 N–H and O–H groups in total. The van der Waals surface area contributed by atoms with Gasteiger partial charge in [0.25, 0.3) is 5.91 Å². The summed E-state index contributed by atoms with van der Waals surface area (Å²) < 4.78 is 0. The van der Waals surface area contributed by atoms with Gasteiger partial charge in [0.15, 0.2) is 0 Å². The van der Waals surface area contributed by atoms with E-state index in [4.69, 9.17) is 5.21 Å². The number of hydrogen-bond acceptors (Lipinski definition) is 3. The van der Waals surface area contributed by atoms with E-state index in [0.29, 0.717) is 23.9 Å². The van der Waals surface area contributed by atoms with Gasteiger partial charge in [-0.3, -0.25) is 14.8 Å². The highest BCUT2D eigenvalue weighted by Gasteiger charge is 2.47. The first-order valence-corrected chi connectivity index (χ1v) is 8.46. The molecule has 1 unspecified atom stereocenters. The van der Waals surface area contributed by atoms with Crippen molar-refractivity contribution in [1.29, 1.82) is 0 Å². The van der Waals surface area contributed by atoms with Crippen LogP contribution in [0.2, 0.25) is 0 Å². The molecule has 4 rings (SSSR count). The first-order chi connectivity index (χ1) is 11.1. The molecule has 1 saturated heterocycles. The van der Waals surface area contributed by atoms with E-state index in [1.165, 1.54) is 12.0 Å². The van der Waals surface area contributed by atoms with Gasteiger partial charge in [-0.15, -0.1) is 0 Å². The zero-order valence-corrected chi connectivity index (χ0v) is 13.2. The molecular weight excluding hydrogens is 292 g/mol. The van der Waals surface area contributed by atoms with Gasteiger partial charge in [-0.25, -0.2) is 5.48 Å². The summed E-state index contributed by atoms with van der Waals surface area (Å²) in [5.41, 5.74) is 4.62. The standard InChI is InChI=1S/C18H22N2O3/c21-16-10-18(11-20(16)15-2-1-3-15)7-6-12-4-5-13(17(22)19-23)8-14(12)9-18/h4-5,8,15,23H,1-3,6-7,9-11H2,(H,19,22). The quantitative estimate of drug-likeness (QED) is 0.648. The minimum Gasteiger partial charge on any atom is -0.339 e. The zero-order valence-electron chi connectivity index (χ0n) is 13.2. The number of benzene rings is 1. The highest BCUT2D eigenvalue weighted by atomic mass is 16.5. The second kappa shape index (κ2) is 5.34. The van der Waals surface area contributed by atoms with Crippen LogP contribution in [0, 0.1) is 5.41 Å². The number of aryl methyl sites for hydroxylation is 1. The molecule has 1 aromatic carbocycles. The van der Waals surface area contributed by atoms with Crippen molar-refractivity contribution in [3.8, 4) is 0 Å². The average Bonchev–Trinajstić information content (AvgIpc) is 2.80. The first kappa shape index (κ1) is 14.7. The summed E-state index contributed by atoms with van der Waals surface area (Å²) in [5, 5.41) is 8.81. The Bertz CT molecular complexity index is 668. The summed E-state index contributed by atoms with van der Waals surface area (Å²) in [6, 6.07) is 6.07. The molecule has 0 bridgehead atoms. The number of hydrogen-bond donors (Lipinski definition) is 2. The van der Waals surface area contributed by atoms with E-state index in [2.05, 4.69) is 4.90 Å². The Morgan fingerprint density at radius 3 is 2.78 bits per heavy atom. The molecule has 2 amide bonds. The molecule has 1 heterocycles. The van der Waals surface area contributed by atoms with Gasteiger partial charge in [0.1, 0.15) is 0 Å². The van der Waals surface area contributed by atoms with Crippen LogP contribution in [-0.4, -0.2) is 34.5 Å². The van der Waals surface area contributed by atoms with Crippen LogP contribution in [0.15, 0.2) is 18.2 Å². The molecule has 0 aromatic heterocycles. The summed E-state index contributed by atoms with van der Waals surface area (Å²) in [6.07, 6.45) is 7.04. The molecule has 5 nitrogen and oxygen atoms in total. The third-order valence-corrected chi connectivity index (χ3v) is 5.93. The lowest BCUT2D eigenvalue weighted by molar-refractivity contribution is -0.131. The zero-order chi connectivity index (χ0) is 16.0. The Morgan fingerprint density at radius 2 is 2.09 bits per heavy atom. The van der Waals surface area contributed by atoms with Crippen LogP contribution in [0.1, 0.15) is 53.6 Å². The van der Waals surface area contributed by atoms with Gasteiger partial charge in [0.05, 0.1) is 0 Å². The Morgan fingerprint density at radius 1 is 1.26 bits per heavy atom. The second-order valence-electron chi connectivity index (χ2n) is 7.38. The second-order valence-corrected chi connectivity index (χ2v) is 7.38. The van der Waals surface area contributed by atoms with Crippen LogP contribution in [0.4, 0.5) is 0 Å². The molecule has 1 atom stereocenters. The van der Waals surface area contributed by atoms with Crippen molar-refractivity contribution in [2.75, 3.05) is 6.54 Å². The fraction of sp³-hybridized carbons (Fsp3) is 0.556. The average molecular weight is 314 g/mol. The first-order valence-electron chi connectivity index (χ1n) is 8.46. The SMILES string of the molecule is O=C(NO)c1ccc2c(c1)CC1(CC2)CC(=O)N(C2CCC2)C1. The number of carbonyl (C=O) groups excluding carboxylic acids is 2. The van der Waals surface area contributed by atoms with E-state index >= 15 is 0 Å². The molecule has 1 aromatic rings. The van der Waals surface area contributed by atoms with Crippen molar-refractivity contribution in [3.05, 3.63) is 34.9 Å². The van der Waals surface area contributed by atoms with E-state index in [1.807, 2.05) is 12.1 Å². The Balaban J connectivity index is 1.58. The summed E-state index contributed by atoms with van der Waals surface area (Å²) in [4.78, 5) is 26.2. The third kappa shape index (κ3) is 2.43. The van der Waals surface area contributed by atoms with E-state index in [9.17, 15) is 9.59 Å². The number of hydroxylamine groups is 1. The monoisotopic (exact) mass is 314 g/mol. The van der Waals surface area contributed by atoms with Gasteiger partial charge in [-0.2, -0.15) is 0 Å². The number of fused-ring (bicyclic) bond motifs is 1. The fourth-order valence-electron chi connectivity index (χ4n) is 4.38. The van der Waals surface area contributed by atoms with Crippen LogP contribution in [0.3, 0.4) is 0 Å². The maximum Gasteiger partial charge on any atom is 0.274 e. The molecule has 1 spiro atoms. The predicted molar refractivity (Wildman–Crippen MR) is 84.1 cm³/mol. The van der Waals surface area contributed by atoms with Crippen molar-refractivity contribution in [2.45, 2.75) is 51.0 Å². The lowest BCUT2D eigenvalue weighted by Gasteiger charge is -2.38. The van der Waals surface area contributed by atoms with Gasteiger partial charge in [0, 0.05) is 30.0 Å². The summed E-state index contributed by atoms with van der Waals surface area (Å²) in [5.74, 6) is -0.173. The van der Waals surface area contributed by atoms with Crippen molar-refractivity contribution in [3.63, 3.8) is 0 Å². The van der Waals surface area contributed by atoms with Gasteiger partial charge in [0.2, 0.25) is 5.91 Å². The summed E-state index contributed by atoms with van der Waals surface area (Å²) in [7, 11) is 0. The smallest absolute Gasteiger partial charge is 0.274 e. The molecule has 0 radical (unpaired) electrons. The van der Waals surface area contributed by atoms with E-state index in [0.717, 1.165) is 44.2 Å². The van der Waals surface area contributed by atoms with E-state index in [-0.39, 0.29) is 5.41 Å². The predicted octanol–water partition coefficient (Wildman–Crippen LogP) is 2.07. The van der Waals surface area contributed by atoms with Crippen LogP contribution in [0.5, 0.6) is 0 Å². The normalized spacial score (nSPS) is 27.0. The highest BCUT2D eigenvalue weighted by Crippen LogP contribution is 2.45. The van der Waals surface area contributed by atoms with E-state index < -0.39 is 5.91 Å². The number of nitrogens with one attached hydrogen (secondary N) is 1. The Kier molecular flexibility index (Phi) is 3.41. The van der Waals surface area contributed by atoms with Crippen LogP contribution >= 0.6 is 0 Å². The lowest BCUT2D eigenvalue weighted by atomic mass is 9.70. The number of likely N-dealkylation sites (tertiary alicyclic amines) is 1. The topological polar surface area (TPSA) is 69.6 Å². The number of amides is 2. The van der Waals surface area contributed by atoms with Crippen molar-refractivity contribution in [2.24, 2.45) is 5.41 Å². The number of carbonyl (C=O) groups is 2. The van der Waals surface area contributed by atoms with Gasteiger partial charge in [-0.05, 0) is 61.8 Å². The minimum atomic E-state index is -0.481. The molecule has 2 aliphatic carbocycles.